The van der Waals surface area contributed by atoms with E-state index in [9.17, 15) is 18.3 Å². The molecule has 4 rings (SSSR count). The number of aliphatic hydroxyl groups is 1. The summed E-state index contributed by atoms with van der Waals surface area (Å²) in [6.07, 6.45) is 2.18. The topological polar surface area (TPSA) is 134 Å². The van der Waals surface area contributed by atoms with Gasteiger partial charge in [0.2, 0.25) is 11.9 Å². The molecule has 12 heteroatoms. The van der Waals surface area contributed by atoms with Crippen LogP contribution >= 0.6 is 11.6 Å². The van der Waals surface area contributed by atoms with Crippen LogP contribution in [0, 0.1) is 0 Å². The largest absolute Gasteiger partial charge is 0.495 e. The lowest BCUT2D eigenvalue weighted by molar-refractivity contribution is -0.140. The van der Waals surface area contributed by atoms with Crippen LogP contribution in [-0.2, 0) is 32.5 Å². The monoisotopic (exact) mass is 587 g/mol. The Balaban J connectivity index is 1.70. The molecule has 1 amide bonds. The Labute approximate surface area is 239 Å². The van der Waals surface area contributed by atoms with E-state index in [0.717, 1.165) is 11.1 Å². The predicted octanol–water partition coefficient (Wildman–Crippen LogP) is 4.51. The number of carbonyl (C=O) groups excluding carboxylic acids is 1. The molecule has 1 aliphatic heterocycles. The van der Waals surface area contributed by atoms with Crippen molar-refractivity contribution in [3.8, 4) is 5.75 Å². The number of aliphatic hydroxyl groups excluding tert-OH is 1. The number of aromatic nitrogens is 2. The summed E-state index contributed by atoms with van der Waals surface area (Å²) in [5.41, 5.74) is 2.93. The molecule has 214 valence electrons. The Morgan fingerprint density at radius 3 is 2.58 bits per heavy atom. The van der Waals surface area contributed by atoms with E-state index in [2.05, 4.69) is 20.6 Å². The summed E-state index contributed by atoms with van der Waals surface area (Å²) in [6, 6.07) is 10.5. The number of para-hydroxylation sites is 1. The number of nitrogens with one attached hydrogen (secondary N) is 2. The van der Waals surface area contributed by atoms with Crippen molar-refractivity contribution in [1.29, 1.82) is 0 Å². The maximum absolute atomic E-state index is 13.0. The van der Waals surface area contributed by atoms with Gasteiger partial charge in [-0.2, -0.15) is 4.98 Å². The second-order valence-electron chi connectivity index (χ2n) is 10.3. The molecule has 0 atom stereocenters. The molecular formula is C28H34ClN5O5S. The van der Waals surface area contributed by atoms with E-state index in [1.165, 1.54) is 0 Å². The zero-order chi connectivity index (χ0) is 29.2. The highest BCUT2D eigenvalue weighted by Crippen LogP contribution is 2.41. The predicted molar refractivity (Wildman–Crippen MR) is 155 cm³/mol. The molecule has 3 aromatic rings. The number of fused-ring (bicyclic) bond motifs is 1. The molecule has 0 radical (unpaired) electrons. The molecule has 0 saturated carbocycles. The van der Waals surface area contributed by atoms with Gasteiger partial charge in [0.25, 0.3) is 0 Å². The number of benzene rings is 2. The third kappa shape index (κ3) is 5.59. The van der Waals surface area contributed by atoms with Gasteiger partial charge in [-0.1, -0.05) is 12.1 Å². The molecule has 1 aromatic heterocycles. The molecule has 1 aliphatic rings. The number of carbonyl (C=O) groups is 1. The number of hydrogen-bond acceptors (Lipinski definition) is 9. The van der Waals surface area contributed by atoms with Crippen LogP contribution in [0.3, 0.4) is 0 Å². The third-order valence-corrected chi connectivity index (χ3v) is 9.62. The van der Waals surface area contributed by atoms with Crippen molar-refractivity contribution in [2.75, 3.05) is 30.9 Å². The van der Waals surface area contributed by atoms with Gasteiger partial charge < -0.3 is 25.4 Å². The Bertz CT molecular complexity index is 1530. The van der Waals surface area contributed by atoms with Crippen LogP contribution in [0.5, 0.6) is 5.75 Å². The van der Waals surface area contributed by atoms with E-state index in [1.807, 2.05) is 26.0 Å². The highest BCUT2D eigenvalue weighted by molar-refractivity contribution is 7.92. The zero-order valence-electron chi connectivity index (χ0n) is 23.2. The number of hydrogen-bond donors (Lipinski definition) is 3. The third-order valence-electron chi connectivity index (χ3n) is 7.12. The SMILES string of the molecule is COc1cc2c(cc1Nc1ncc(CCl)c(Nc3ccccc3S(=O)(=O)C(C)C)n1)CCN(C(=O)CO)C2(C)C. The molecule has 3 N–H and O–H groups in total. The van der Waals surface area contributed by atoms with Crippen LogP contribution in [0.4, 0.5) is 23.1 Å². The number of amides is 1. The number of anilines is 4. The minimum Gasteiger partial charge on any atom is -0.495 e. The fraction of sp³-hybridized carbons (Fsp3) is 0.393. The van der Waals surface area contributed by atoms with E-state index in [-0.39, 0.29) is 22.6 Å². The number of alkyl halides is 1. The van der Waals surface area contributed by atoms with E-state index in [4.69, 9.17) is 16.3 Å². The van der Waals surface area contributed by atoms with Crippen LogP contribution < -0.4 is 15.4 Å². The van der Waals surface area contributed by atoms with Gasteiger partial charge >= 0.3 is 0 Å². The molecule has 0 unspecified atom stereocenters. The van der Waals surface area contributed by atoms with Crippen molar-refractivity contribution in [2.45, 2.75) is 55.7 Å². The molecule has 2 aromatic carbocycles. The first kappa shape index (κ1) is 29.6. The number of rotatable bonds is 9. The van der Waals surface area contributed by atoms with E-state index >= 15 is 0 Å². The van der Waals surface area contributed by atoms with Crippen molar-refractivity contribution in [3.05, 3.63) is 59.3 Å². The quantitative estimate of drug-likeness (QED) is 0.309. The lowest BCUT2D eigenvalue weighted by Crippen LogP contribution is -2.51. The van der Waals surface area contributed by atoms with Gasteiger partial charge in [-0.25, -0.2) is 13.4 Å². The average molecular weight is 588 g/mol. The van der Waals surface area contributed by atoms with Crippen LogP contribution in [0.25, 0.3) is 0 Å². The smallest absolute Gasteiger partial charge is 0.248 e. The summed E-state index contributed by atoms with van der Waals surface area (Å²) in [7, 11) is -2.00. The van der Waals surface area contributed by atoms with Crippen LogP contribution in [0.15, 0.2) is 47.5 Å². The zero-order valence-corrected chi connectivity index (χ0v) is 24.7. The standard InChI is InChI=1S/C28H34ClN5O5S/c1-17(2)40(37,38)24-9-7-6-8-21(24)31-26-19(14-29)15-30-27(33-26)32-22-12-18-10-11-34(25(36)16-35)28(3,4)20(18)13-23(22)39-5/h6-9,12-13,15,17,35H,10-11,14,16H2,1-5H3,(H2,30,31,32,33). The van der Waals surface area contributed by atoms with Crippen molar-refractivity contribution >= 4 is 50.5 Å². The maximum atomic E-state index is 13.0. The van der Waals surface area contributed by atoms with Gasteiger partial charge in [-0.05, 0) is 69.5 Å². The summed E-state index contributed by atoms with van der Waals surface area (Å²) in [5.74, 6) is 0.939. The van der Waals surface area contributed by atoms with E-state index < -0.39 is 27.2 Å². The highest BCUT2D eigenvalue weighted by atomic mass is 35.5. The van der Waals surface area contributed by atoms with Crippen LogP contribution in [-0.4, -0.2) is 59.8 Å². The molecule has 10 nitrogen and oxygen atoms in total. The summed E-state index contributed by atoms with van der Waals surface area (Å²) in [6.45, 7) is 7.08. The summed E-state index contributed by atoms with van der Waals surface area (Å²) in [4.78, 5) is 23.2. The second-order valence-corrected chi connectivity index (χ2v) is 13.0. The Morgan fingerprint density at radius 1 is 1.20 bits per heavy atom. The number of nitrogens with zero attached hydrogens (tertiary/aromatic N) is 3. The van der Waals surface area contributed by atoms with Gasteiger partial charge in [0.15, 0.2) is 9.84 Å². The average Bonchev–Trinajstić information content (AvgIpc) is 2.92. The molecule has 0 spiro atoms. The van der Waals surface area contributed by atoms with Crippen LogP contribution in [0.1, 0.15) is 44.4 Å². The fourth-order valence-electron chi connectivity index (χ4n) is 4.84. The summed E-state index contributed by atoms with van der Waals surface area (Å²) in [5, 5.41) is 15.2. The normalized spacial score (nSPS) is 14.6. The van der Waals surface area contributed by atoms with Gasteiger partial charge in [0.1, 0.15) is 18.2 Å². The minimum atomic E-state index is -3.55. The molecule has 0 fully saturated rings. The maximum Gasteiger partial charge on any atom is 0.248 e. The molecule has 40 heavy (non-hydrogen) atoms. The highest BCUT2D eigenvalue weighted by Gasteiger charge is 2.38. The molecule has 2 heterocycles. The Morgan fingerprint density at radius 2 is 1.93 bits per heavy atom. The molecular weight excluding hydrogens is 554 g/mol. The fourth-order valence-corrected chi connectivity index (χ4v) is 6.24. The van der Waals surface area contributed by atoms with Gasteiger partial charge in [-0.15, -0.1) is 11.6 Å². The van der Waals surface area contributed by atoms with Gasteiger partial charge in [0.05, 0.1) is 40.0 Å². The summed E-state index contributed by atoms with van der Waals surface area (Å²) >= 11 is 6.17. The lowest BCUT2D eigenvalue weighted by Gasteiger charge is -2.44. The first-order valence-electron chi connectivity index (χ1n) is 12.9. The number of halogens is 1. The number of sulfone groups is 1. The van der Waals surface area contributed by atoms with E-state index in [1.54, 1.807) is 56.3 Å². The minimum absolute atomic E-state index is 0.113. The van der Waals surface area contributed by atoms with Crippen LogP contribution in [0.2, 0.25) is 0 Å². The van der Waals surface area contributed by atoms with Crippen molar-refractivity contribution in [2.24, 2.45) is 0 Å². The van der Waals surface area contributed by atoms with Gasteiger partial charge in [0, 0.05) is 18.3 Å². The molecule has 0 saturated heterocycles. The Hall–Kier alpha value is -3.41. The number of ether oxygens (including phenoxy) is 1. The van der Waals surface area contributed by atoms with Crippen molar-refractivity contribution < 1.29 is 23.1 Å². The Kier molecular flexibility index (Phi) is 8.57. The molecule has 0 bridgehead atoms. The number of methoxy groups -OCH3 is 1. The second kappa shape index (κ2) is 11.6. The van der Waals surface area contributed by atoms with Gasteiger partial charge in [-0.3, -0.25) is 4.79 Å². The lowest BCUT2D eigenvalue weighted by atomic mass is 9.82. The van der Waals surface area contributed by atoms with Crippen molar-refractivity contribution in [1.82, 2.24) is 14.9 Å². The first-order valence-corrected chi connectivity index (χ1v) is 14.9. The van der Waals surface area contributed by atoms with E-state index in [0.29, 0.717) is 41.5 Å². The summed E-state index contributed by atoms with van der Waals surface area (Å²) < 4.78 is 31.6. The molecule has 0 aliphatic carbocycles. The van der Waals surface area contributed by atoms with Crippen molar-refractivity contribution in [3.63, 3.8) is 0 Å². The first-order chi connectivity index (χ1) is 18.9.